The number of rotatable bonds is 6. The van der Waals surface area contributed by atoms with Crippen LogP contribution in [-0.2, 0) is 25.2 Å². The smallest absolute Gasteiger partial charge is 0.387 e. The maximum absolute atomic E-state index is 12.5. The van der Waals surface area contributed by atoms with Gasteiger partial charge in [0.05, 0.1) is 18.7 Å². The number of aliphatic hydroxyl groups is 2. The van der Waals surface area contributed by atoms with E-state index in [1.807, 2.05) is 4.98 Å². The van der Waals surface area contributed by atoms with Crippen LogP contribution in [0.15, 0.2) is 15.8 Å². The van der Waals surface area contributed by atoms with Crippen LogP contribution in [0.4, 0.5) is 13.2 Å². The number of H-pyrrole nitrogens is 1. The van der Waals surface area contributed by atoms with Crippen molar-refractivity contribution >= 4 is 34.5 Å². The van der Waals surface area contributed by atoms with Crippen molar-refractivity contribution < 1.29 is 42.0 Å². The summed E-state index contributed by atoms with van der Waals surface area (Å²) in [6, 6.07) is 0. The second-order valence-corrected chi connectivity index (χ2v) is 10.5. The molecule has 17 heteroatoms. The predicted molar refractivity (Wildman–Crippen MR) is 95.0 cm³/mol. The number of hydrogen-bond acceptors (Lipinski definition) is 8. The molecule has 11 nitrogen and oxygen atoms in total. The predicted octanol–water partition coefficient (Wildman–Crippen LogP) is 0.279. The number of nitrogens with one attached hydrogen (secondary N) is 1. The normalized spacial score (nSPS) is 24.8. The van der Waals surface area contributed by atoms with Crippen LogP contribution in [0.2, 0.25) is 0 Å². The average molecular weight is 500 g/mol. The summed E-state index contributed by atoms with van der Waals surface area (Å²) < 4.78 is 59.2. The molecule has 1 aromatic heterocycles. The third kappa shape index (κ3) is 5.84. The van der Waals surface area contributed by atoms with Gasteiger partial charge in [0.2, 0.25) is 0 Å². The lowest BCUT2D eigenvalue weighted by Gasteiger charge is -2.21. The quantitative estimate of drug-likeness (QED) is 0.472. The molecule has 2 rings (SSSR count). The number of ether oxygens (including phenoxy) is 1. The van der Waals surface area contributed by atoms with Crippen LogP contribution in [0.1, 0.15) is 11.8 Å². The third-order valence-electron chi connectivity index (χ3n) is 4.04. The van der Waals surface area contributed by atoms with Crippen molar-refractivity contribution in [3.63, 3.8) is 0 Å². The Kier molecular flexibility index (Phi) is 7.45. The van der Waals surface area contributed by atoms with Gasteiger partial charge in [0.1, 0.15) is 18.3 Å². The zero-order valence-electron chi connectivity index (χ0n) is 14.9. The molecule has 0 aliphatic carbocycles. The maximum atomic E-state index is 12.5. The lowest BCUT2D eigenvalue weighted by Crippen LogP contribution is -2.42. The molecule has 30 heavy (non-hydrogen) atoms. The van der Waals surface area contributed by atoms with Gasteiger partial charge in [-0.1, -0.05) is 0 Å². The van der Waals surface area contributed by atoms with Crippen LogP contribution in [0.5, 0.6) is 0 Å². The van der Waals surface area contributed by atoms with Crippen molar-refractivity contribution in [3.8, 4) is 0 Å². The van der Waals surface area contributed by atoms with E-state index in [9.17, 15) is 42.3 Å². The Morgan fingerprint density at radius 1 is 1.37 bits per heavy atom. The molecule has 1 amide bonds. The van der Waals surface area contributed by atoms with Crippen LogP contribution >= 0.6 is 28.6 Å². The van der Waals surface area contributed by atoms with Gasteiger partial charge in [0, 0.05) is 13.2 Å². The van der Waals surface area contributed by atoms with Crippen molar-refractivity contribution in [3.05, 3.63) is 32.6 Å². The van der Waals surface area contributed by atoms with Gasteiger partial charge >= 0.3 is 23.8 Å². The molecule has 1 aliphatic rings. The molecule has 1 aliphatic heterocycles. The summed E-state index contributed by atoms with van der Waals surface area (Å²) >= 11 is 10.4. The molecule has 0 bridgehead atoms. The van der Waals surface area contributed by atoms with Gasteiger partial charge in [-0.05, 0) is 22.5 Å². The van der Waals surface area contributed by atoms with Crippen molar-refractivity contribution in [2.24, 2.45) is 0 Å². The highest BCUT2D eigenvalue weighted by Gasteiger charge is 2.45. The average Bonchev–Trinajstić information content (AvgIpc) is 2.88. The number of alkyl halides is 3. The van der Waals surface area contributed by atoms with E-state index < -0.39 is 72.7 Å². The molecule has 1 aromatic rings. The SMILES string of the molecule is CN(Cc1cn([C@@H]2O[C@H](COP(=O)(Cl)Cl)[C@H](O)[C@@H]2O)c(=O)[nH]c1=O)C(=O)C(F)(F)F. The van der Waals surface area contributed by atoms with Crippen LogP contribution < -0.4 is 11.2 Å². The van der Waals surface area contributed by atoms with E-state index in [2.05, 4.69) is 4.52 Å². The Balaban J connectivity index is 2.29. The molecule has 4 atom stereocenters. The topological polar surface area (TPSA) is 151 Å². The molecule has 0 aromatic carbocycles. The first kappa shape index (κ1) is 24.9. The van der Waals surface area contributed by atoms with Gasteiger partial charge in [-0.15, -0.1) is 0 Å². The highest BCUT2D eigenvalue weighted by Crippen LogP contribution is 2.57. The fourth-order valence-electron chi connectivity index (χ4n) is 2.63. The van der Waals surface area contributed by atoms with Gasteiger partial charge in [-0.25, -0.2) is 4.79 Å². The van der Waals surface area contributed by atoms with Gasteiger partial charge in [-0.3, -0.25) is 23.7 Å². The van der Waals surface area contributed by atoms with E-state index in [0.29, 0.717) is 4.57 Å². The van der Waals surface area contributed by atoms with E-state index in [0.717, 1.165) is 13.2 Å². The Hall–Kier alpha value is -1.41. The molecule has 1 fully saturated rings. The fourth-order valence-corrected chi connectivity index (χ4v) is 3.29. The minimum absolute atomic E-state index is 0.204. The molecule has 170 valence electrons. The van der Waals surface area contributed by atoms with E-state index in [4.69, 9.17) is 27.2 Å². The second kappa shape index (κ2) is 8.99. The van der Waals surface area contributed by atoms with E-state index >= 15 is 0 Å². The highest BCUT2D eigenvalue weighted by molar-refractivity contribution is 8.05. The molecule has 0 unspecified atom stereocenters. The second-order valence-electron chi connectivity index (χ2n) is 6.24. The van der Waals surface area contributed by atoms with Crippen LogP contribution in [0, 0.1) is 0 Å². The van der Waals surface area contributed by atoms with Gasteiger partial charge in [0.25, 0.3) is 5.56 Å². The van der Waals surface area contributed by atoms with Crippen molar-refractivity contribution in [1.29, 1.82) is 0 Å². The van der Waals surface area contributed by atoms with Crippen molar-refractivity contribution in [1.82, 2.24) is 14.5 Å². The number of aromatic nitrogens is 2. The summed E-state index contributed by atoms with van der Waals surface area (Å²) in [6.07, 6.45) is -14.8. The number of hydrogen-bond donors (Lipinski definition) is 3. The Labute approximate surface area is 174 Å². The number of halogens is 5. The van der Waals surface area contributed by atoms with Gasteiger partial charge in [0.15, 0.2) is 6.23 Å². The number of amides is 1. The monoisotopic (exact) mass is 499 g/mol. The standard InChI is InChI=1S/C13H15Cl2F3N3O8P/c1-20(11(25)13(16,17)18)2-5-3-21(12(26)19-9(5)24)10-8(23)7(22)6(29-10)4-28-30(14,15)27/h3,6-8,10,22-23H,2,4H2,1H3,(H,19,24,26)/t6-,7+,8+,10-/m1/s1. The maximum Gasteiger partial charge on any atom is 0.471 e. The summed E-state index contributed by atoms with van der Waals surface area (Å²) in [7, 11) is 0.791. The van der Waals surface area contributed by atoms with Gasteiger partial charge < -0.3 is 24.4 Å². The van der Waals surface area contributed by atoms with E-state index in [1.54, 1.807) is 0 Å². The number of nitrogens with zero attached hydrogens (tertiary/aromatic N) is 2. The first-order valence-electron chi connectivity index (χ1n) is 7.94. The first-order chi connectivity index (χ1) is 13.6. The minimum atomic E-state index is -5.18. The zero-order chi connectivity index (χ0) is 23.0. The summed E-state index contributed by atoms with van der Waals surface area (Å²) in [6.45, 7) is -1.46. The molecule has 0 saturated carbocycles. The minimum Gasteiger partial charge on any atom is -0.387 e. The lowest BCUT2D eigenvalue weighted by atomic mass is 10.1. The van der Waals surface area contributed by atoms with E-state index in [-0.39, 0.29) is 4.90 Å². The fraction of sp³-hybridized carbons (Fsp3) is 0.615. The summed E-state index contributed by atoms with van der Waals surface area (Å²) in [5.74, 6) is -2.23. The number of aliphatic hydroxyl groups excluding tert-OH is 2. The Morgan fingerprint density at radius 2 is 1.97 bits per heavy atom. The number of carbonyl (C=O) groups excluding carboxylic acids is 1. The summed E-state index contributed by atoms with van der Waals surface area (Å²) in [4.78, 5) is 37.3. The summed E-state index contributed by atoms with van der Waals surface area (Å²) in [5.41, 5.74) is -2.63. The van der Waals surface area contributed by atoms with Crippen molar-refractivity contribution in [2.75, 3.05) is 13.7 Å². The first-order valence-corrected chi connectivity index (χ1v) is 11.4. The van der Waals surface area contributed by atoms with Crippen LogP contribution in [0.3, 0.4) is 0 Å². The van der Waals surface area contributed by atoms with Crippen molar-refractivity contribution in [2.45, 2.75) is 37.3 Å². The summed E-state index contributed by atoms with van der Waals surface area (Å²) in [5, 5.41) is 20.2. The molecule has 1 saturated heterocycles. The zero-order valence-corrected chi connectivity index (χ0v) is 17.3. The molecule has 0 radical (unpaired) electrons. The molecule has 0 spiro atoms. The Morgan fingerprint density at radius 3 is 2.50 bits per heavy atom. The van der Waals surface area contributed by atoms with E-state index in [1.165, 1.54) is 0 Å². The third-order valence-corrected chi connectivity index (χ3v) is 5.07. The number of carbonyl (C=O) groups is 1. The lowest BCUT2D eigenvalue weighted by molar-refractivity contribution is -0.184. The number of aromatic amines is 1. The molecule has 2 heterocycles. The van der Waals surface area contributed by atoms with Crippen LogP contribution in [-0.4, -0.2) is 68.7 Å². The molecular formula is C13H15Cl2F3N3O8P. The molecular weight excluding hydrogens is 485 g/mol. The largest absolute Gasteiger partial charge is 0.471 e. The van der Waals surface area contributed by atoms with Crippen LogP contribution in [0.25, 0.3) is 0 Å². The molecule has 3 N–H and O–H groups in total. The Bertz CT molecular complexity index is 964. The van der Waals surface area contributed by atoms with Gasteiger partial charge in [-0.2, -0.15) is 13.2 Å². The highest BCUT2D eigenvalue weighted by atomic mass is 35.9.